The fourth-order valence-electron chi connectivity index (χ4n) is 7.41. The van der Waals surface area contributed by atoms with E-state index in [1.165, 1.54) is 25.7 Å². The zero-order valence-corrected chi connectivity index (χ0v) is 23.9. The molecule has 2 aromatic carbocycles. The van der Waals surface area contributed by atoms with E-state index in [0.29, 0.717) is 32.4 Å². The Morgan fingerprint density at radius 1 is 1.02 bits per heavy atom. The number of piperidine rings is 1. The summed E-state index contributed by atoms with van der Waals surface area (Å²) in [6.07, 6.45) is 8.15. The van der Waals surface area contributed by atoms with Crippen molar-refractivity contribution in [3.63, 3.8) is 0 Å². The van der Waals surface area contributed by atoms with Crippen molar-refractivity contribution < 1.29 is 23.5 Å². The Balaban J connectivity index is 1.32. The van der Waals surface area contributed by atoms with Crippen LogP contribution in [-0.4, -0.2) is 48.9 Å². The van der Waals surface area contributed by atoms with E-state index >= 15 is 0 Å². The molecule has 0 bridgehead atoms. The number of amides is 2. The van der Waals surface area contributed by atoms with E-state index in [0.717, 1.165) is 48.8 Å². The minimum absolute atomic E-state index is 0.167. The molecule has 3 aliphatic rings. The third-order valence-electron chi connectivity index (χ3n) is 9.82. The molecule has 7 nitrogen and oxygen atoms in total. The molecule has 1 saturated heterocycles. The van der Waals surface area contributed by atoms with E-state index in [-0.39, 0.29) is 35.9 Å². The summed E-state index contributed by atoms with van der Waals surface area (Å²) in [6.45, 7) is 0.854. The molecular weight excluding hydrogens is 521 g/mol. The van der Waals surface area contributed by atoms with Gasteiger partial charge in [-0.2, -0.15) is 0 Å². The molecule has 220 valence electrons. The van der Waals surface area contributed by atoms with Gasteiger partial charge in [-0.3, -0.25) is 14.4 Å². The highest BCUT2D eigenvalue weighted by Gasteiger charge is 2.49. The second-order valence-electron chi connectivity index (χ2n) is 12.1. The van der Waals surface area contributed by atoms with Crippen molar-refractivity contribution in [3.05, 3.63) is 71.0 Å². The summed E-state index contributed by atoms with van der Waals surface area (Å²) in [6, 6.07) is 12.7. The Hall–Kier alpha value is -3.26. The maximum Gasteiger partial charge on any atom is 0.312 e. The summed E-state index contributed by atoms with van der Waals surface area (Å²) in [5, 5.41) is 3.03. The van der Waals surface area contributed by atoms with Crippen molar-refractivity contribution in [2.24, 2.45) is 23.0 Å². The lowest BCUT2D eigenvalue weighted by molar-refractivity contribution is -0.164. The fraction of sp³-hybridized carbons (Fsp3) is 0.545. The average Bonchev–Trinajstić information content (AvgIpc) is 3.01. The molecule has 1 saturated carbocycles. The number of nitrogens with zero attached hydrogens (tertiary/aromatic N) is 1. The lowest BCUT2D eigenvalue weighted by Crippen LogP contribution is -2.56. The Morgan fingerprint density at radius 3 is 2.39 bits per heavy atom. The van der Waals surface area contributed by atoms with Crippen molar-refractivity contribution in [1.82, 2.24) is 10.2 Å². The Morgan fingerprint density at radius 2 is 1.71 bits per heavy atom. The molecule has 0 aromatic heterocycles. The number of ether oxygens (including phenoxy) is 1. The number of nitrogens with two attached hydrogens (primary N) is 1. The Kier molecular flexibility index (Phi) is 9.07. The smallest absolute Gasteiger partial charge is 0.312 e. The highest BCUT2D eigenvalue weighted by molar-refractivity contribution is 5.89. The highest BCUT2D eigenvalue weighted by atomic mass is 19.1. The van der Waals surface area contributed by atoms with Crippen LogP contribution >= 0.6 is 0 Å². The van der Waals surface area contributed by atoms with Crippen molar-refractivity contribution in [2.75, 3.05) is 20.2 Å². The third kappa shape index (κ3) is 6.17. The molecule has 2 amide bonds. The first kappa shape index (κ1) is 29.2. The van der Waals surface area contributed by atoms with Gasteiger partial charge in [-0.05, 0) is 73.3 Å². The summed E-state index contributed by atoms with van der Waals surface area (Å²) < 4.78 is 18.9. The lowest BCUT2D eigenvalue weighted by atomic mass is 9.63. The number of benzene rings is 2. The summed E-state index contributed by atoms with van der Waals surface area (Å²) in [5.41, 5.74) is 8.87. The first-order valence-electron chi connectivity index (χ1n) is 15.1. The number of likely N-dealkylation sites (tertiary alicyclic amines) is 1. The molecule has 2 fully saturated rings. The number of hydrogen-bond donors (Lipinski definition) is 2. The zero-order chi connectivity index (χ0) is 29.0. The number of aryl methyl sites for hydroxylation is 1. The second-order valence-corrected chi connectivity index (χ2v) is 12.1. The first-order valence-corrected chi connectivity index (χ1v) is 15.1. The number of esters is 1. The van der Waals surface area contributed by atoms with Crippen LogP contribution in [0, 0.1) is 23.1 Å². The standard InChI is InChI=1S/C33H42FN3O4/c1-41-32(40)33(24-8-3-2-4-9-24)17-19-37(20-18-33)31(39)28(21-22-11-14-25(34)15-12-22)36-30(38)27-16-13-23-7-5-6-10-26(23)29(27)35/h5-7,10-12,14-15,24,27-29H,2-4,8-9,13,16-21,35H2,1H3,(H,36,38)/t27-,28+,29+/m0/s1. The Labute approximate surface area is 242 Å². The predicted octanol–water partition coefficient (Wildman–Crippen LogP) is 4.48. The molecule has 3 atom stereocenters. The number of fused-ring (bicyclic) bond motifs is 1. The van der Waals surface area contributed by atoms with Gasteiger partial charge in [-0.25, -0.2) is 4.39 Å². The molecular formula is C33H42FN3O4. The van der Waals surface area contributed by atoms with Crippen LogP contribution < -0.4 is 11.1 Å². The number of methoxy groups -OCH3 is 1. The second kappa shape index (κ2) is 12.7. The molecule has 1 aliphatic heterocycles. The fourth-order valence-corrected chi connectivity index (χ4v) is 7.41. The van der Waals surface area contributed by atoms with Crippen LogP contribution in [0.15, 0.2) is 48.5 Å². The number of nitrogens with one attached hydrogen (secondary N) is 1. The van der Waals surface area contributed by atoms with Gasteiger partial charge < -0.3 is 20.7 Å². The highest BCUT2D eigenvalue weighted by Crippen LogP contribution is 2.47. The minimum Gasteiger partial charge on any atom is -0.469 e. The van der Waals surface area contributed by atoms with Gasteiger partial charge in [0.25, 0.3) is 0 Å². The number of hydrogen-bond acceptors (Lipinski definition) is 5. The van der Waals surface area contributed by atoms with E-state index in [1.807, 2.05) is 24.3 Å². The van der Waals surface area contributed by atoms with E-state index in [4.69, 9.17) is 10.5 Å². The van der Waals surface area contributed by atoms with Crippen LogP contribution in [0.3, 0.4) is 0 Å². The van der Waals surface area contributed by atoms with Crippen LogP contribution in [-0.2, 0) is 32.0 Å². The van der Waals surface area contributed by atoms with E-state index < -0.39 is 23.4 Å². The van der Waals surface area contributed by atoms with Crippen molar-refractivity contribution in [3.8, 4) is 0 Å². The number of rotatable bonds is 7. The molecule has 0 spiro atoms. The topological polar surface area (TPSA) is 102 Å². The number of carbonyl (C=O) groups is 3. The van der Waals surface area contributed by atoms with Gasteiger partial charge in [0.15, 0.2) is 0 Å². The molecule has 41 heavy (non-hydrogen) atoms. The van der Waals surface area contributed by atoms with Crippen LogP contribution in [0.4, 0.5) is 4.39 Å². The van der Waals surface area contributed by atoms with Gasteiger partial charge in [0.1, 0.15) is 11.9 Å². The van der Waals surface area contributed by atoms with Crippen molar-refractivity contribution in [1.29, 1.82) is 0 Å². The summed E-state index contributed by atoms with van der Waals surface area (Å²) in [7, 11) is 1.45. The summed E-state index contributed by atoms with van der Waals surface area (Å²) in [4.78, 5) is 42.5. The van der Waals surface area contributed by atoms with Crippen LogP contribution in [0.2, 0.25) is 0 Å². The molecule has 5 rings (SSSR count). The predicted molar refractivity (Wildman–Crippen MR) is 154 cm³/mol. The maximum atomic E-state index is 14.0. The van der Waals surface area contributed by atoms with E-state index in [2.05, 4.69) is 5.32 Å². The lowest BCUT2D eigenvalue weighted by Gasteiger charge is -2.46. The zero-order valence-electron chi connectivity index (χ0n) is 23.9. The third-order valence-corrected chi connectivity index (χ3v) is 9.82. The van der Waals surface area contributed by atoms with Crippen LogP contribution in [0.25, 0.3) is 0 Å². The molecule has 8 heteroatoms. The van der Waals surface area contributed by atoms with Gasteiger partial charge in [0.05, 0.1) is 18.4 Å². The van der Waals surface area contributed by atoms with Gasteiger partial charge >= 0.3 is 5.97 Å². The molecule has 3 N–H and O–H groups in total. The van der Waals surface area contributed by atoms with Crippen molar-refractivity contribution >= 4 is 17.8 Å². The van der Waals surface area contributed by atoms with Gasteiger partial charge in [0.2, 0.25) is 11.8 Å². The quantitative estimate of drug-likeness (QED) is 0.484. The summed E-state index contributed by atoms with van der Waals surface area (Å²) in [5.74, 6) is -1.13. The average molecular weight is 564 g/mol. The minimum atomic E-state index is -0.822. The van der Waals surface area contributed by atoms with Crippen LogP contribution in [0.5, 0.6) is 0 Å². The van der Waals surface area contributed by atoms with Gasteiger partial charge in [-0.1, -0.05) is 55.7 Å². The normalized spacial score (nSPS) is 23.2. The largest absolute Gasteiger partial charge is 0.469 e. The summed E-state index contributed by atoms with van der Waals surface area (Å²) >= 11 is 0. The Bertz CT molecular complexity index is 1240. The van der Waals surface area contributed by atoms with Gasteiger partial charge in [0, 0.05) is 25.6 Å². The first-order chi connectivity index (χ1) is 19.8. The molecule has 0 unspecified atom stereocenters. The van der Waals surface area contributed by atoms with E-state index in [9.17, 15) is 18.8 Å². The van der Waals surface area contributed by atoms with E-state index in [1.54, 1.807) is 17.0 Å². The molecule has 2 aromatic rings. The number of halogens is 1. The van der Waals surface area contributed by atoms with Gasteiger partial charge in [-0.15, -0.1) is 0 Å². The number of carbonyl (C=O) groups excluding carboxylic acids is 3. The maximum absolute atomic E-state index is 14.0. The SMILES string of the molecule is COC(=O)C1(C2CCCCC2)CCN(C(=O)[C@@H](Cc2ccc(F)cc2)NC(=O)[C@H]2CCc3ccccc3[C@H]2N)CC1. The molecule has 0 radical (unpaired) electrons. The van der Waals surface area contributed by atoms with Crippen molar-refractivity contribution in [2.45, 2.75) is 76.3 Å². The monoisotopic (exact) mass is 563 g/mol. The molecule has 1 heterocycles. The van der Waals surface area contributed by atoms with Crippen LogP contribution in [0.1, 0.15) is 74.1 Å². The molecule has 2 aliphatic carbocycles.